The van der Waals surface area contributed by atoms with Crippen LogP contribution in [0.15, 0.2) is 10.7 Å². The third-order valence-electron chi connectivity index (χ3n) is 2.95. The molecule has 1 aliphatic carbocycles. The van der Waals surface area contributed by atoms with Crippen molar-refractivity contribution < 1.29 is 14.3 Å². The van der Waals surface area contributed by atoms with Gasteiger partial charge >= 0.3 is 5.97 Å². The zero-order chi connectivity index (χ0) is 10.2. The smallest absolute Gasteiger partial charge is 0.357 e. The summed E-state index contributed by atoms with van der Waals surface area (Å²) in [6.45, 7) is 2.08. The summed E-state index contributed by atoms with van der Waals surface area (Å²) >= 11 is 0. The predicted molar refractivity (Wildman–Crippen MR) is 49.3 cm³/mol. The minimum absolute atomic E-state index is 0.00752. The van der Waals surface area contributed by atoms with Crippen LogP contribution in [0.5, 0.6) is 0 Å². The number of aromatic nitrogens is 1. The number of aromatic carboxylic acids is 1. The number of carboxylic acids is 1. The van der Waals surface area contributed by atoms with Gasteiger partial charge < -0.3 is 9.52 Å². The Morgan fingerprint density at radius 1 is 1.57 bits per heavy atom. The highest BCUT2D eigenvalue weighted by Gasteiger charge is 2.35. The Kier molecular flexibility index (Phi) is 2.06. The van der Waals surface area contributed by atoms with E-state index in [0.29, 0.717) is 5.89 Å². The highest BCUT2D eigenvalue weighted by atomic mass is 16.4. The van der Waals surface area contributed by atoms with Crippen LogP contribution in [0.3, 0.4) is 0 Å². The van der Waals surface area contributed by atoms with E-state index in [4.69, 9.17) is 9.52 Å². The summed E-state index contributed by atoms with van der Waals surface area (Å²) in [7, 11) is 0. The molecular formula is C10H13NO3. The molecule has 1 saturated carbocycles. The predicted octanol–water partition coefficient (Wildman–Crippen LogP) is 2.20. The van der Waals surface area contributed by atoms with E-state index < -0.39 is 5.97 Å². The molecule has 1 heterocycles. The number of carboxylic acid groups (broad SMARTS) is 1. The molecule has 0 saturated heterocycles. The fourth-order valence-corrected chi connectivity index (χ4v) is 2.02. The van der Waals surface area contributed by atoms with Gasteiger partial charge in [0.1, 0.15) is 6.26 Å². The van der Waals surface area contributed by atoms with E-state index in [1.807, 2.05) is 0 Å². The average Bonchev–Trinajstić information content (AvgIpc) is 2.71. The van der Waals surface area contributed by atoms with Crippen LogP contribution in [0.2, 0.25) is 0 Å². The Bertz CT molecular complexity index is 350. The van der Waals surface area contributed by atoms with E-state index in [2.05, 4.69) is 11.9 Å². The lowest BCUT2D eigenvalue weighted by Crippen LogP contribution is -2.17. The van der Waals surface area contributed by atoms with Gasteiger partial charge in [-0.05, 0) is 12.8 Å². The maximum Gasteiger partial charge on any atom is 0.357 e. The standard InChI is InChI=1S/C10H13NO3/c1-10(4-2-3-5-10)9-11-7(6-14-9)8(12)13/h6H,2-5H2,1H3,(H,12,13). The lowest BCUT2D eigenvalue weighted by atomic mass is 9.89. The topological polar surface area (TPSA) is 63.3 Å². The number of hydrogen-bond acceptors (Lipinski definition) is 3. The second-order valence-electron chi connectivity index (χ2n) is 4.11. The molecule has 0 aliphatic heterocycles. The van der Waals surface area contributed by atoms with Crippen LogP contribution in [-0.2, 0) is 5.41 Å². The summed E-state index contributed by atoms with van der Waals surface area (Å²) < 4.78 is 5.22. The van der Waals surface area contributed by atoms with Gasteiger partial charge in [-0.2, -0.15) is 0 Å². The van der Waals surface area contributed by atoms with Crippen molar-refractivity contribution in [2.45, 2.75) is 38.0 Å². The monoisotopic (exact) mass is 195 g/mol. The summed E-state index contributed by atoms with van der Waals surface area (Å²) in [5.41, 5.74) is -0.0404. The molecule has 76 valence electrons. The van der Waals surface area contributed by atoms with Gasteiger partial charge in [0.15, 0.2) is 5.69 Å². The summed E-state index contributed by atoms with van der Waals surface area (Å²) in [6.07, 6.45) is 5.63. The first-order chi connectivity index (χ1) is 6.62. The fourth-order valence-electron chi connectivity index (χ4n) is 2.02. The molecule has 2 rings (SSSR count). The molecular weight excluding hydrogens is 182 g/mol. The Hall–Kier alpha value is -1.32. The fraction of sp³-hybridized carbons (Fsp3) is 0.600. The van der Waals surface area contributed by atoms with Crippen molar-refractivity contribution >= 4 is 5.97 Å². The molecule has 0 atom stereocenters. The summed E-state index contributed by atoms with van der Waals surface area (Å²) in [5.74, 6) is -0.450. The average molecular weight is 195 g/mol. The third kappa shape index (κ3) is 1.41. The largest absolute Gasteiger partial charge is 0.476 e. The van der Waals surface area contributed by atoms with Crippen molar-refractivity contribution in [2.75, 3.05) is 0 Å². The normalized spacial score (nSPS) is 19.8. The van der Waals surface area contributed by atoms with Crippen LogP contribution in [0.1, 0.15) is 49.0 Å². The van der Waals surface area contributed by atoms with E-state index in [1.54, 1.807) is 0 Å². The Balaban J connectivity index is 2.28. The molecule has 0 radical (unpaired) electrons. The van der Waals surface area contributed by atoms with Gasteiger partial charge in [0.2, 0.25) is 5.89 Å². The Morgan fingerprint density at radius 2 is 2.21 bits per heavy atom. The second kappa shape index (κ2) is 3.12. The molecule has 14 heavy (non-hydrogen) atoms. The maximum absolute atomic E-state index is 10.6. The van der Waals surface area contributed by atoms with Crippen molar-refractivity contribution in [3.05, 3.63) is 17.8 Å². The Morgan fingerprint density at radius 3 is 2.71 bits per heavy atom. The van der Waals surface area contributed by atoms with Crippen LogP contribution in [0.25, 0.3) is 0 Å². The molecule has 1 N–H and O–H groups in total. The molecule has 4 nitrogen and oxygen atoms in total. The van der Waals surface area contributed by atoms with Gasteiger partial charge in [-0.1, -0.05) is 19.8 Å². The highest BCUT2D eigenvalue weighted by molar-refractivity contribution is 5.84. The molecule has 4 heteroatoms. The summed E-state index contributed by atoms with van der Waals surface area (Å²) in [6, 6.07) is 0. The van der Waals surface area contributed by atoms with Gasteiger partial charge in [0, 0.05) is 5.41 Å². The van der Waals surface area contributed by atoms with E-state index in [0.717, 1.165) is 12.8 Å². The van der Waals surface area contributed by atoms with Gasteiger partial charge in [0.25, 0.3) is 0 Å². The van der Waals surface area contributed by atoms with E-state index in [9.17, 15) is 4.79 Å². The molecule has 0 amide bonds. The third-order valence-corrected chi connectivity index (χ3v) is 2.95. The van der Waals surface area contributed by atoms with Gasteiger partial charge in [-0.3, -0.25) is 0 Å². The molecule has 0 bridgehead atoms. The van der Waals surface area contributed by atoms with Crippen LogP contribution in [0.4, 0.5) is 0 Å². The van der Waals surface area contributed by atoms with E-state index in [-0.39, 0.29) is 11.1 Å². The lowest BCUT2D eigenvalue weighted by molar-refractivity contribution is 0.0690. The molecule has 1 aromatic heterocycles. The van der Waals surface area contributed by atoms with Crippen molar-refractivity contribution in [1.82, 2.24) is 4.98 Å². The molecule has 0 unspecified atom stereocenters. The van der Waals surface area contributed by atoms with Crippen molar-refractivity contribution in [3.63, 3.8) is 0 Å². The number of carbonyl (C=O) groups is 1. The summed E-state index contributed by atoms with van der Waals surface area (Å²) in [5, 5.41) is 8.70. The molecule has 1 aliphatic rings. The number of oxazole rings is 1. The number of rotatable bonds is 2. The molecule has 1 aromatic rings. The van der Waals surface area contributed by atoms with Crippen LogP contribution < -0.4 is 0 Å². The maximum atomic E-state index is 10.6. The first-order valence-corrected chi connectivity index (χ1v) is 4.81. The zero-order valence-electron chi connectivity index (χ0n) is 8.12. The minimum Gasteiger partial charge on any atom is -0.476 e. The number of nitrogens with zero attached hydrogens (tertiary/aromatic N) is 1. The first kappa shape index (κ1) is 9.24. The Labute approximate surface area is 81.9 Å². The lowest BCUT2D eigenvalue weighted by Gasteiger charge is -2.17. The molecule has 1 fully saturated rings. The van der Waals surface area contributed by atoms with Crippen molar-refractivity contribution in [3.8, 4) is 0 Å². The van der Waals surface area contributed by atoms with Crippen molar-refractivity contribution in [1.29, 1.82) is 0 Å². The number of hydrogen-bond donors (Lipinski definition) is 1. The van der Waals surface area contributed by atoms with Gasteiger partial charge in [0.05, 0.1) is 0 Å². The SMILES string of the molecule is CC1(c2nc(C(=O)O)co2)CCCC1. The van der Waals surface area contributed by atoms with Crippen LogP contribution >= 0.6 is 0 Å². The van der Waals surface area contributed by atoms with Gasteiger partial charge in [-0.15, -0.1) is 0 Å². The first-order valence-electron chi connectivity index (χ1n) is 4.81. The van der Waals surface area contributed by atoms with Gasteiger partial charge in [-0.25, -0.2) is 9.78 Å². The highest BCUT2D eigenvalue weighted by Crippen LogP contribution is 2.39. The van der Waals surface area contributed by atoms with E-state index >= 15 is 0 Å². The van der Waals surface area contributed by atoms with Crippen LogP contribution in [-0.4, -0.2) is 16.1 Å². The molecule has 0 aromatic carbocycles. The minimum atomic E-state index is -1.03. The molecule has 0 spiro atoms. The van der Waals surface area contributed by atoms with E-state index in [1.165, 1.54) is 19.1 Å². The van der Waals surface area contributed by atoms with Crippen LogP contribution in [0, 0.1) is 0 Å². The second-order valence-corrected chi connectivity index (χ2v) is 4.11. The zero-order valence-corrected chi connectivity index (χ0v) is 8.12. The van der Waals surface area contributed by atoms with Crippen molar-refractivity contribution in [2.24, 2.45) is 0 Å². The summed E-state index contributed by atoms with van der Waals surface area (Å²) in [4.78, 5) is 14.6. The quantitative estimate of drug-likeness (QED) is 0.785.